The second-order valence-corrected chi connectivity index (χ2v) is 9.53. The fourth-order valence-electron chi connectivity index (χ4n) is 3.91. The van der Waals surface area contributed by atoms with Gasteiger partial charge in [-0.15, -0.1) is 0 Å². The van der Waals surface area contributed by atoms with Crippen LogP contribution in [0.2, 0.25) is 0 Å². The highest BCUT2D eigenvalue weighted by atomic mass is 14.3. The second-order valence-electron chi connectivity index (χ2n) is 9.53. The minimum Gasteiger partial charge on any atom is -0.0829 e. The summed E-state index contributed by atoms with van der Waals surface area (Å²) in [6.45, 7) is 22.4. The standard InChI is InChI=1S/C25H34.C4H10/c1-9-22(20-12-14-21(15-13-20)24(5,6)7)25(8,10-2)23-16-11-18(3)17-19(23)4;1-3-4-2/h9,11-17H,10H2,1-8H3;3-4H2,1-2H3/b22-9-;. The first-order valence-electron chi connectivity index (χ1n) is 11.4. The van der Waals surface area contributed by atoms with Gasteiger partial charge in [0.2, 0.25) is 0 Å². The number of unbranched alkanes of at least 4 members (excludes halogenated alkanes) is 1. The number of aryl methyl sites for hydroxylation is 2. The Kier molecular flexibility index (Phi) is 9.40. The molecule has 0 radical (unpaired) electrons. The summed E-state index contributed by atoms with van der Waals surface area (Å²) in [7, 11) is 0. The Morgan fingerprint density at radius 2 is 1.38 bits per heavy atom. The molecule has 2 aromatic rings. The van der Waals surface area contributed by atoms with Gasteiger partial charge in [-0.05, 0) is 60.4 Å². The third kappa shape index (κ3) is 6.33. The molecule has 1 atom stereocenters. The maximum atomic E-state index is 2.39. The highest BCUT2D eigenvalue weighted by Gasteiger charge is 2.31. The van der Waals surface area contributed by atoms with Gasteiger partial charge in [0.15, 0.2) is 0 Å². The highest BCUT2D eigenvalue weighted by molar-refractivity contribution is 5.75. The zero-order valence-electron chi connectivity index (χ0n) is 20.7. The molecule has 2 aromatic carbocycles. The van der Waals surface area contributed by atoms with E-state index in [-0.39, 0.29) is 10.8 Å². The lowest BCUT2D eigenvalue weighted by Gasteiger charge is -2.34. The van der Waals surface area contributed by atoms with E-state index in [1.54, 1.807) is 0 Å². The van der Waals surface area contributed by atoms with E-state index in [4.69, 9.17) is 0 Å². The van der Waals surface area contributed by atoms with Crippen molar-refractivity contribution < 1.29 is 0 Å². The summed E-state index contributed by atoms with van der Waals surface area (Å²) in [4.78, 5) is 0. The van der Waals surface area contributed by atoms with Gasteiger partial charge in [-0.1, -0.05) is 115 Å². The molecule has 0 aliphatic heterocycles. The van der Waals surface area contributed by atoms with Crippen molar-refractivity contribution in [2.45, 2.75) is 99.3 Å². The summed E-state index contributed by atoms with van der Waals surface area (Å²) in [6, 6.07) is 16.0. The molecule has 0 saturated carbocycles. The van der Waals surface area contributed by atoms with Crippen molar-refractivity contribution >= 4 is 5.57 Å². The lowest BCUT2D eigenvalue weighted by molar-refractivity contribution is 0.584. The first-order valence-corrected chi connectivity index (χ1v) is 11.4. The predicted molar refractivity (Wildman–Crippen MR) is 133 cm³/mol. The van der Waals surface area contributed by atoms with Crippen LogP contribution in [0.15, 0.2) is 48.5 Å². The van der Waals surface area contributed by atoms with Gasteiger partial charge in [0.1, 0.15) is 0 Å². The number of rotatable bonds is 5. The summed E-state index contributed by atoms with van der Waals surface area (Å²) in [5, 5.41) is 0. The van der Waals surface area contributed by atoms with Gasteiger partial charge in [-0.3, -0.25) is 0 Å². The summed E-state index contributed by atoms with van der Waals surface area (Å²) in [6.07, 6.45) is 6.02. The van der Waals surface area contributed by atoms with E-state index < -0.39 is 0 Å². The molecular formula is C29H44. The molecular weight excluding hydrogens is 348 g/mol. The van der Waals surface area contributed by atoms with Gasteiger partial charge in [0.25, 0.3) is 0 Å². The van der Waals surface area contributed by atoms with E-state index in [0.29, 0.717) is 0 Å². The van der Waals surface area contributed by atoms with Crippen LogP contribution in [-0.2, 0) is 10.8 Å². The van der Waals surface area contributed by atoms with Crippen LogP contribution in [0, 0.1) is 13.8 Å². The molecule has 0 spiro atoms. The molecule has 0 aliphatic carbocycles. The van der Waals surface area contributed by atoms with Crippen molar-refractivity contribution in [1.29, 1.82) is 0 Å². The number of hydrogen-bond acceptors (Lipinski definition) is 0. The fourth-order valence-corrected chi connectivity index (χ4v) is 3.91. The van der Waals surface area contributed by atoms with Crippen molar-refractivity contribution in [1.82, 2.24) is 0 Å². The third-order valence-corrected chi connectivity index (χ3v) is 6.13. The molecule has 0 heteroatoms. The summed E-state index contributed by atoms with van der Waals surface area (Å²) in [5.41, 5.74) is 8.50. The highest BCUT2D eigenvalue weighted by Crippen LogP contribution is 2.42. The quantitative estimate of drug-likeness (QED) is 0.475. The van der Waals surface area contributed by atoms with E-state index in [1.807, 2.05) is 0 Å². The minimum absolute atomic E-state index is 0.0236. The molecule has 0 aliphatic rings. The molecule has 0 N–H and O–H groups in total. The van der Waals surface area contributed by atoms with Gasteiger partial charge >= 0.3 is 0 Å². The van der Waals surface area contributed by atoms with Crippen LogP contribution in [-0.4, -0.2) is 0 Å². The Balaban J connectivity index is 0.000000960. The zero-order chi connectivity index (χ0) is 22.2. The van der Waals surface area contributed by atoms with Crippen molar-refractivity contribution in [2.75, 3.05) is 0 Å². The normalized spacial score (nSPS) is 14.1. The number of hydrogen-bond donors (Lipinski definition) is 0. The topological polar surface area (TPSA) is 0 Å². The smallest absolute Gasteiger partial charge is 0.0177 e. The van der Waals surface area contributed by atoms with Gasteiger partial charge in [-0.2, -0.15) is 0 Å². The molecule has 160 valence electrons. The SMILES string of the molecule is C/C=C(/c1ccc(C(C)(C)C)cc1)C(C)(CC)c1ccc(C)cc1C.CCCC. The lowest BCUT2D eigenvalue weighted by Crippen LogP contribution is -2.24. The molecule has 0 bridgehead atoms. The van der Waals surface area contributed by atoms with Crippen LogP contribution in [0.4, 0.5) is 0 Å². The van der Waals surface area contributed by atoms with E-state index in [0.717, 1.165) is 6.42 Å². The maximum Gasteiger partial charge on any atom is 0.0177 e. The average Bonchev–Trinajstić information content (AvgIpc) is 2.68. The maximum absolute atomic E-state index is 2.39. The van der Waals surface area contributed by atoms with E-state index in [1.165, 1.54) is 46.2 Å². The Morgan fingerprint density at radius 3 is 1.76 bits per heavy atom. The molecule has 0 amide bonds. The molecule has 0 heterocycles. The van der Waals surface area contributed by atoms with Crippen molar-refractivity contribution in [3.8, 4) is 0 Å². The van der Waals surface area contributed by atoms with Crippen LogP contribution in [0.5, 0.6) is 0 Å². The summed E-state index contributed by atoms with van der Waals surface area (Å²) in [5.74, 6) is 0. The molecule has 0 saturated heterocycles. The molecule has 29 heavy (non-hydrogen) atoms. The van der Waals surface area contributed by atoms with Gasteiger partial charge in [-0.25, -0.2) is 0 Å². The Morgan fingerprint density at radius 1 is 0.828 bits per heavy atom. The van der Waals surface area contributed by atoms with E-state index >= 15 is 0 Å². The molecule has 2 rings (SSSR count). The predicted octanol–water partition coefficient (Wildman–Crippen LogP) is 9.18. The first kappa shape index (κ1) is 25.2. The lowest BCUT2D eigenvalue weighted by atomic mass is 9.69. The Bertz CT molecular complexity index is 782. The average molecular weight is 393 g/mol. The second kappa shape index (κ2) is 10.8. The van der Waals surface area contributed by atoms with Crippen molar-refractivity contribution in [3.63, 3.8) is 0 Å². The van der Waals surface area contributed by atoms with Crippen molar-refractivity contribution in [3.05, 3.63) is 76.4 Å². The van der Waals surface area contributed by atoms with Crippen molar-refractivity contribution in [2.24, 2.45) is 0 Å². The molecule has 0 nitrogen and oxygen atoms in total. The van der Waals surface area contributed by atoms with Gasteiger partial charge in [0, 0.05) is 5.41 Å². The zero-order valence-corrected chi connectivity index (χ0v) is 20.7. The van der Waals surface area contributed by atoms with Crippen LogP contribution in [0.1, 0.15) is 102 Å². The third-order valence-electron chi connectivity index (χ3n) is 6.13. The van der Waals surface area contributed by atoms with E-state index in [9.17, 15) is 0 Å². The van der Waals surface area contributed by atoms with Crippen LogP contribution >= 0.6 is 0 Å². The largest absolute Gasteiger partial charge is 0.0829 e. The van der Waals surface area contributed by atoms with E-state index in [2.05, 4.69) is 118 Å². The molecule has 0 aromatic heterocycles. The molecule has 1 unspecified atom stereocenters. The fraction of sp³-hybridized carbons (Fsp3) is 0.517. The van der Waals surface area contributed by atoms with Crippen LogP contribution in [0.3, 0.4) is 0 Å². The van der Waals surface area contributed by atoms with Gasteiger partial charge < -0.3 is 0 Å². The Hall–Kier alpha value is -1.82. The summed E-state index contributed by atoms with van der Waals surface area (Å²) < 4.78 is 0. The van der Waals surface area contributed by atoms with Crippen LogP contribution < -0.4 is 0 Å². The Labute approximate surface area is 181 Å². The van der Waals surface area contributed by atoms with Crippen LogP contribution in [0.25, 0.3) is 5.57 Å². The number of allylic oxidation sites excluding steroid dienone is 2. The minimum atomic E-state index is 0.0236. The summed E-state index contributed by atoms with van der Waals surface area (Å²) >= 11 is 0. The monoisotopic (exact) mass is 392 g/mol. The number of benzene rings is 2. The molecule has 0 fully saturated rings. The van der Waals surface area contributed by atoms with Gasteiger partial charge in [0.05, 0.1) is 0 Å². The first-order chi connectivity index (χ1) is 13.5.